The summed E-state index contributed by atoms with van der Waals surface area (Å²) in [6.45, 7) is 3.38. The number of amides is 1. The summed E-state index contributed by atoms with van der Waals surface area (Å²) in [5.74, 6) is 1.07. The maximum absolute atomic E-state index is 12.5. The molecular weight excluding hydrogens is 322 g/mol. The molecule has 4 rings (SSSR count). The molecule has 3 fully saturated rings. The van der Waals surface area contributed by atoms with E-state index in [-0.39, 0.29) is 11.5 Å². The SMILES string of the molecule is O=C(Cc1ccsc1)N1CCC2(CC1)CC(OCC1CC1)CCO2. The first-order chi connectivity index (χ1) is 11.7. The third-order valence-electron chi connectivity index (χ3n) is 5.68. The van der Waals surface area contributed by atoms with Crippen LogP contribution in [-0.2, 0) is 20.7 Å². The van der Waals surface area contributed by atoms with Crippen LogP contribution in [0.1, 0.15) is 44.1 Å². The van der Waals surface area contributed by atoms with Crippen molar-refractivity contribution >= 4 is 17.2 Å². The van der Waals surface area contributed by atoms with E-state index in [9.17, 15) is 4.79 Å². The Hall–Kier alpha value is -0.910. The third-order valence-corrected chi connectivity index (χ3v) is 6.41. The van der Waals surface area contributed by atoms with Crippen LogP contribution in [0.25, 0.3) is 0 Å². The second-order valence-electron chi connectivity index (χ2n) is 7.61. The molecule has 0 radical (unpaired) electrons. The molecule has 3 heterocycles. The quantitative estimate of drug-likeness (QED) is 0.819. The van der Waals surface area contributed by atoms with E-state index in [1.165, 1.54) is 12.8 Å². The number of hydrogen-bond donors (Lipinski definition) is 0. The van der Waals surface area contributed by atoms with Gasteiger partial charge in [-0.3, -0.25) is 4.79 Å². The number of likely N-dealkylation sites (tertiary alicyclic amines) is 1. The first kappa shape index (κ1) is 16.6. The van der Waals surface area contributed by atoms with Crippen molar-refractivity contribution in [3.8, 4) is 0 Å². The van der Waals surface area contributed by atoms with Gasteiger partial charge in [0.15, 0.2) is 0 Å². The largest absolute Gasteiger partial charge is 0.378 e. The van der Waals surface area contributed by atoms with E-state index in [0.29, 0.717) is 12.5 Å². The van der Waals surface area contributed by atoms with Gasteiger partial charge in [-0.05, 0) is 60.4 Å². The lowest BCUT2D eigenvalue weighted by atomic mass is 9.83. The second kappa shape index (κ2) is 7.14. The molecule has 2 aliphatic heterocycles. The fourth-order valence-corrected chi connectivity index (χ4v) is 4.54. The van der Waals surface area contributed by atoms with Gasteiger partial charge < -0.3 is 14.4 Å². The minimum atomic E-state index is -0.0500. The molecule has 2 saturated heterocycles. The number of nitrogens with zero attached hydrogens (tertiary/aromatic N) is 1. The fraction of sp³-hybridized carbons (Fsp3) is 0.737. The monoisotopic (exact) mass is 349 g/mol. The average Bonchev–Trinajstić information content (AvgIpc) is 3.29. The zero-order valence-corrected chi connectivity index (χ0v) is 15.1. The van der Waals surface area contributed by atoms with Gasteiger partial charge in [-0.25, -0.2) is 0 Å². The highest BCUT2D eigenvalue weighted by atomic mass is 32.1. The van der Waals surface area contributed by atoms with E-state index >= 15 is 0 Å². The van der Waals surface area contributed by atoms with Crippen LogP contribution in [0.4, 0.5) is 0 Å². The molecule has 1 saturated carbocycles. The highest BCUT2D eigenvalue weighted by molar-refractivity contribution is 7.07. The van der Waals surface area contributed by atoms with Crippen molar-refractivity contribution in [3.05, 3.63) is 22.4 Å². The lowest BCUT2D eigenvalue weighted by Crippen LogP contribution is -2.52. The predicted octanol–water partition coefficient (Wildman–Crippen LogP) is 3.26. The molecule has 0 bridgehead atoms. The van der Waals surface area contributed by atoms with Gasteiger partial charge in [0.05, 0.1) is 18.1 Å². The minimum Gasteiger partial charge on any atom is -0.378 e. The molecule has 5 heteroatoms. The van der Waals surface area contributed by atoms with E-state index in [4.69, 9.17) is 9.47 Å². The molecule has 24 heavy (non-hydrogen) atoms. The molecule has 1 aromatic heterocycles. The number of ether oxygens (including phenoxy) is 2. The number of carbonyl (C=O) groups excluding carboxylic acids is 1. The predicted molar refractivity (Wildman–Crippen MR) is 94.2 cm³/mol. The van der Waals surface area contributed by atoms with E-state index < -0.39 is 0 Å². The molecule has 1 aromatic rings. The summed E-state index contributed by atoms with van der Waals surface area (Å²) in [4.78, 5) is 14.5. The molecule has 0 aromatic carbocycles. The van der Waals surface area contributed by atoms with Crippen LogP contribution in [0.5, 0.6) is 0 Å². The first-order valence-corrected chi connectivity index (χ1v) is 10.2. The fourth-order valence-electron chi connectivity index (χ4n) is 3.87. The van der Waals surface area contributed by atoms with Crippen LogP contribution >= 0.6 is 11.3 Å². The molecule has 1 aliphatic carbocycles. The number of piperidine rings is 1. The van der Waals surface area contributed by atoms with Crippen LogP contribution in [0, 0.1) is 5.92 Å². The van der Waals surface area contributed by atoms with Gasteiger partial charge in [0.2, 0.25) is 5.91 Å². The van der Waals surface area contributed by atoms with Crippen molar-refractivity contribution in [2.45, 2.75) is 56.7 Å². The van der Waals surface area contributed by atoms with E-state index in [2.05, 4.69) is 5.38 Å². The Kier molecular flexibility index (Phi) is 4.93. The van der Waals surface area contributed by atoms with Gasteiger partial charge in [-0.15, -0.1) is 0 Å². The zero-order valence-electron chi connectivity index (χ0n) is 14.2. The number of rotatable bonds is 5. The number of carbonyl (C=O) groups is 1. The summed E-state index contributed by atoms with van der Waals surface area (Å²) in [5.41, 5.74) is 1.08. The normalized spacial score (nSPS) is 26.7. The molecule has 1 amide bonds. The summed E-state index contributed by atoms with van der Waals surface area (Å²) in [6, 6.07) is 2.04. The second-order valence-corrected chi connectivity index (χ2v) is 8.39. The highest BCUT2D eigenvalue weighted by Crippen LogP contribution is 2.37. The summed E-state index contributed by atoms with van der Waals surface area (Å²) < 4.78 is 12.3. The Balaban J connectivity index is 1.27. The molecule has 4 nitrogen and oxygen atoms in total. The Morgan fingerprint density at radius 3 is 2.88 bits per heavy atom. The van der Waals surface area contributed by atoms with Crippen molar-refractivity contribution < 1.29 is 14.3 Å². The smallest absolute Gasteiger partial charge is 0.227 e. The van der Waals surface area contributed by atoms with Crippen molar-refractivity contribution in [2.75, 3.05) is 26.3 Å². The molecule has 3 aliphatic rings. The van der Waals surface area contributed by atoms with E-state index in [1.807, 2.05) is 16.3 Å². The number of hydrogen-bond acceptors (Lipinski definition) is 4. The third kappa shape index (κ3) is 4.01. The topological polar surface area (TPSA) is 38.8 Å². The number of thiophene rings is 1. The summed E-state index contributed by atoms with van der Waals surface area (Å²) in [6.07, 6.45) is 7.50. The van der Waals surface area contributed by atoms with Crippen molar-refractivity contribution in [2.24, 2.45) is 5.92 Å². The maximum atomic E-state index is 12.5. The van der Waals surface area contributed by atoms with Crippen LogP contribution in [-0.4, -0.2) is 48.8 Å². The zero-order chi connectivity index (χ0) is 16.4. The lowest BCUT2D eigenvalue weighted by Gasteiger charge is -2.46. The van der Waals surface area contributed by atoms with E-state index in [0.717, 1.165) is 63.5 Å². The standard InChI is InChI=1S/C19H27NO3S/c21-18(11-16-4-10-24-14-16)20-7-5-19(6-8-20)12-17(3-9-23-19)22-13-15-1-2-15/h4,10,14-15,17H,1-3,5-9,11-13H2. The van der Waals surface area contributed by atoms with Gasteiger partial charge in [0, 0.05) is 32.7 Å². The van der Waals surface area contributed by atoms with Crippen LogP contribution < -0.4 is 0 Å². The molecule has 132 valence electrons. The molecule has 1 unspecified atom stereocenters. The Bertz CT molecular complexity index is 547. The highest BCUT2D eigenvalue weighted by Gasteiger charge is 2.41. The van der Waals surface area contributed by atoms with Gasteiger partial charge in [0.1, 0.15) is 0 Å². The Morgan fingerprint density at radius 1 is 1.33 bits per heavy atom. The Labute approximate surface area is 148 Å². The van der Waals surface area contributed by atoms with E-state index in [1.54, 1.807) is 11.3 Å². The molecular formula is C19H27NO3S. The summed E-state index contributed by atoms with van der Waals surface area (Å²) in [5, 5.41) is 4.10. The van der Waals surface area contributed by atoms with Crippen molar-refractivity contribution in [1.82, 2.24) is 4.90 Å². The van der Waals surface area contributed by atoms with Gasteiger partial charge in [0.25, 0.3) is 0 Å². The van der Waals surface area contributed by atoms with Crippen LogP contribution in [0.3, 0.4) is 0 Å². The average molecular weight is 349 g/mol. The molecule has 0 N–H and O–H groups in total. The molecule has 1 spiro atoms. The molecule has 1 atom stereocenters. The lowest BCUT2D eigenvalue weighted by molar-refractivity contribution is -0.161. The van der Waals surface area contributed by atoms with Gasteiger partial charge in [-0.1, -0.05) is 0 Å². The Morgan fingerprint density at radius 2 is 2.17 bits per heavy atom. The maximum Gasteiger partial charge on any atom is 0.227 e. The first-order valence-electron chi connectivity index (χ1n) is 9.27. The van der Waals surface area contributed by atoms with Crippen LogP contribution in [0.15, 0.2) is 16.8 Å². The summed E-state index contributed by atoms with van der Waals surface area (Å²) in [7, 11) is 0. The van der Waals surface area contributed by atoms with Gasteiger partial charge in [-0.2, -0.15) is 11.3 Å². The minimum absolute atomic E-state index is 0.0500. The van der Waals surface area contributed by atoms with Gasteiger partial charge >= 0.3 is 0 Å². The summed E-state index contributed by atoms with van der Waals surface area (Å²) >= 11 is 1.65. The van der Waals surface area contributed by atoms with Crippen molar-refractivity contribution in [1.29, 1.82) is 0 Å². The van der Waals surface area contributed by atoms with Crippen LogP contribution in [0.2, 0.25) is 0 Å². The van der Waals surface area contributed by atoms with Crippen molar-refractivity contribution in [3.63, 3.8) is 0 Å².